The van der Waals surface area contributed by atoms with E-state index in [1.54, 1.807) is 6.20 Å². The van der Waals surface area contributed by atoms with Crippen LogP contribution in [0.1, 0.15) is 17.7 Å². The van der Waals surface area contributed by atoms with E-state index in [-0.39, 0.29) is 5.69 Å². The maximum atomic E-state index is 13.1. The number of thioether (sulfide) groups is 1. The Hall–Kier alpha value is -2.08. The molecule has 22 heavy (non-hydrogen) atoms. The molecule has 0 N–H and O–H groups in total. The highest BCUT2D eigenvalue weighted by atomic mass is 32.2. The van der Waals surface area contributed by atoms with Crippen LogP contribution in [0.5, 0.6) is 0 Å². The Morgan fingerprint density at radius 2 is 1.91 bits per heavy atom. The molecule has 112 valence electrons. The molecule has 0 amide bonds. The minimum Gasteiger partial charge on any atom is -0.244 e. The van der Waals surface area contributed by atoms with Crippen LogP contribution in [0, 0.1) is 6.92 Å². The molecule has 0 aliphatic heterocycles. The number of nitrogens with zero attached hydrogens (tertiary/aromatic N) is 3. The zero-order valence-corrected chi connectivity index (χ0v) is 12.9. The molecule has 2 heterocycles. The lowest BCUT2D eigenvalue weighted by molar-refractivity contribution is 0.146. The Bertz CT molecular complexity index is 837. The minimum absolute atomic E-state index is 0.258. The third-order valence-electron chi connectivity index (χ3n) is 3.37. The summed E-state index contributed by atoms with van der Waals surface area (Å²) in [6.45, 7) is 1.93. The highest BCUT2D eigenvalue weighted by Gasteiger charge is 2.17. The molecule has 1 aromatic carbocycles. The Balaban J connectivity index is 2.36. The molecule has 0 radical (unpaired) electrons. The van der Waals surface area contributed by atoms with Gasteiger partial charge in [-0.3, -0.25) is 0 Å². The van der Waals surface area contributed by atoms with E-state index in [4.69, 9.17) is 0 Å². The van der Waals surface area contributed by atoms with Gasteiger partial charge < -0.3 is 0 Å². The van der Waals surface area contributed by atoms with Gasteiger partial charge in [0.15, 0.2) is 5.16 Å². The van der Waals surface area contributed by atoms with Gasteiger partial charge in [-0.15, -0.1) is 0 Å². The fourth-order valence-corrected chi connectivity index (χ4v) is 2.62. The molecule has 3 aromatic rings. The third-order valence-corrected chi connectivity index (χ3v) is 3.93. The van der Waals surface area contributed by atoms with E-state index in [1.165, 1.54) is 17.8 Å². The van der Waals surface area contributed by atoms with E-state index >= 15 is 0 Å². The van der Waals surface area contributed by atoms with Gasteiger partial charge in [-0.05, 0) is 24.8 Å². The fourth-order valence-electron chi connectivity index (χ4n) is 2.28. The van der Waals surface area contributed by atoms with Crippen molar-refractivity contribution in [2.24, 2.45) is 0 Å². The Kier molecular flexibility index (Phi) is 4.02. The summed E-state index contributed by atoms with van der Waals surface area (Å²) in [5, 5.41) is 1.16. The molecule has 0 aliphatic carbocycles. The Labute approximate surface area is 130 Å². The maximum Gasteiger partial charge on any atom is 0.280 e. The average Bonchev–Trinajstić information content (AvgIpc) is 2.53. The van der Waals surface area contributed by atoms with Crippen LogP contribution in [0.3, 0.4) is 0 Å². The molecule has 0 atom stereocenters. The highest BCUT2D eigenvalue weighted by Crippen LogP contribution is 2.31. The van der Waals surface area contributed by atoms with Crippen LogP contribution in [0.4, 0.5) is 8.78 Å². The molecule has 0 aliphatic rings. The van der Waals surface area contributed by atoms with E-state index in [0.29, 0.717) is 21.8 Å². The largest absolute Gasteiger partial charge is 0.280 e. The first kappa shape index (κ1) is 14.8. The van der Waals surface area contributed by atoms with E-state index in [9.17, 15) is 8.78 Å². The maximum absolute atomic E-state index is 13.1. The van der Waals surface area contributed by atoms with Gasteiger partial charge in [0.05, 0.1) is 5.69 Å². The van der Waals surface area contributed by atoms with Crippen LogP contribution >= 0.6 is 11.8 Å². The van der Waals surface area contributed by atoms with Crippen molar-refractivity contribution < 1.29 is 8.78 Å². The van der Waals surface area contributed by atoms with Gasteiger partial charge in [-0.1, -0.05) is 36.0 Å². The van der Waals surface area contributed by atoms with Gasteiger partial charge in [-0.2, -0.15) is 0 Å². The molecule has 0 spiro atoms. The summed E-state index contributed by atoms with van der Waals surface area (Å²) in [5.41, 5.74) is 2.58. The van der Waals surface area contributed by atoms with Crippen molar-refractivity contribution in [1.29, 1.82) is 0 Å². The summed E-state index contributed by atoms with van der Waals surface area (Å²) in [7, 11) is 0. The quantitative estimate of drug-likeness (QED) is 0.520. The molecule has 0 bridgehead atoms. The van der Waals surface area contributed by atoms with Crippen molar-refractivity contribution in [3.8, 4) is 11.3 Å². The molecule has 6 heteroatoms. The highest BCUT2D eigenvalue weighted by molar-refractivity contribution is 7.98. The second-order valence-corrected chi connectivity index (χ2v) is 5.58. The van der Waals surface area contributed by atoms with E-state index < -0.39 is 6.43 Å². The van der Waals surface area contributed by atoms with Gasteiger partial charge in [0.2, 0.25) is 0 Å². The van der Waals surface area contributed by atoms with Crippen molar-refractivity contribution in [3.63, 3.8) is 0 Å². The number of alkyl halides is 2. The summed E-state index contributed by atoms with van der Waals surface area (Å²) in [4.78, 5) is 12.8. The zero-order valence-electron chi connectivity index (χ0n) is 12.0. The van der Waals surface area contributed by atoms with Gasteiger partial charge in [-0.25, -0.2) is 23.7 Å². The number of halogens is 2. The topological polar surface area (TPSA) is 38.7 Å². The van der Waals surface area contributed by atoms with Gasteiger partial charge in [0.1, 0.15) is 11.2 Å². The average molecular weight is 317 g/mol. The van der Waals surface area contributed by atoms with Gasteiger partial charge in [0, 0.05) is 17.1 Å². The number of hydrogen-bond acceptors (Lipinski definition) is 4. The molecule has 0 saturated carbocycles. The molecular formula is C16H13F2N3S. The Morgan fingerprint density at radius 3 is 2.59 bits per heavy atom. The lowest BCUT2D eigenvalue weighted by atomic mass is 10.0. The standard InChI is InChI=1S/C16H13F2N3S/c1-9-5-3-4-6-11(9)14-13-10(7-12(20-14)15(17)18)8-19-16(21-13)22-2/h3-8,15H,1-2H3. The summed E-state index contributed by atoms with van der Waals surface area (Å²) in [5.74, 6) is 0. The lowest BCUT2D eigenvalue weighted by Crippen LogP contribution is -1.99. The van der Waals surface area contributed by atoms with Crippen LogP contribution < -0.4 is 0 Å². The summed E-state index contributed by atoms with van der Waals surface area (Å²) in [6.07, 6.45) is 0.811. The van der Waals surface area contributed by atoms with Gasteiger partial charge >= 0.3 is 0 Å². The molecule has 2 aromatic heterocycles. The summed E-state index contributed by atoms with van der Waals surface area (Å²) in [6, 6.07) is 8.91. The monoisotopic (exact) mass is 317 g/mol. The molecule has 3 rings (SSSR count). The number of aromatic nitrogens is 3. The second-order valence-electron chi connectivity index (χ2n) is 4.81. The van der Waals surface area contributed by atoms with E-state index in [1.807, 2.05) is 37.4 Å². The number of pyridine rings is 1. The molecule has 0 unspecified atom stereocenters. The van der Waals surface area contributed by atoms with Crippen molar-refractivity contribution in [1.82, 2.24) is 15.0 Å². The number of rotatable bonds is 3. The first-order valence-corrected chi connectivity index (χ1v) is 7.88. The smallest absolute Gasteiger partial charge is 0.244 e. The molecular weight excluding hydrogens is 304 g/mol. The van der Waals surface area contributed by atoms with E-state index in [0.717, 1.165) is 11.1 Å². The summed E-state index contributed by atoms with van der Waals surface area (Å²) < 4.78 is 26.3. The van der Waals surface area contributed by atoms with E-state index in [2.05, 4.69) is 15.0 Å². The van der Waals surface area contributed by atoms with Crippen molar-refractivity contribution in [3.05, 3.63) is 47.8 Å². The normalized spacial score (nSPS) is 11.3. The number of benzene rings is 1. The summed E-state index contributed by atoms with van der Waals surface area (Å²) >= 11 is 1.40. The van der Waals surface area contributed by atoms with Crippen LogP contribution in [-0.2, 0) is 0 Å². The van der Waals surface area contributed by atoms with Crippen LogP contribution in [0.25, 0.3) is 22.2 Å². The number of aryl methyl sites for hydroxylation is 1. The predicted molar refractivity (Wildman–Crippen MR) is 84.2 cm³/mol. The SMILES string of the molecule is CSc1ncc2cc(C(F)F)nc(-c3ccccc3C)c2n1. The second kappa shape index (κ2) is 5.96. The van der Waals surface area contributed by atoms with Crippen molar-refractivity contribution in [2.45, 2.75) is 18.5 Å². The van der Waals surface area contributed by atoms with Crippen LogP contribution in [0.2, 0.25) is 0 Å². The molecule has 3 nitrogen and oxygen atoms in total. The predicted octanol–water partition coefficient (Wildman–Crippen LogP) is 4.66. The zero-order chi connectivity index (χ0) is 15.7. The fraction of sp³-hybridized carbons (Fsp3) is 0.188. The lowest BCUT2D eigenvalue weighted by Gasteiger charge is -2.11. The number of hydrogen-bond donors (Lipinski definition) is 0. The first-order valence-electron chi connectivity index (χ1n) is 6.66. The van der Waals surface area contributed by atoms with Gasteiger partial charge in [0.25, 0.3) is 6.43 Å². The first-order chi connectivity index (χ1) is 10.6. The van der Waals surface area contributed by atoms with Crippen molar-refractivity contribution in [2.75, 3.05) is 6.26 Å². The molecule has 0 fully saturated rings. The number of fused-ring (bicyclic) bond motifs is 1. The minimum atomic E-state index is -2.63. The van der Waals surface area contributed by atoms with Crippen LogP contribution in [-0.4, -0.2) is 21.2 Å². The Morgan fingerprint density at radius 1 is 1.14 bits per heavy atom. The third kappa shape index (κ3) is 2.66. The van der Waals surface area contributed by atoms with Crippen molar-refractivity contribution >= 4 is 22.7 Å². The molecule has 0 saturated heterocycles. The van der Waals surface area contributed by atoms with Crippen LogP contribution in [0.15, 0.2) is 41.7 Å².